The van der Waals surface area contributed by atoms with Gasteiger partial charge < -0.3 is 15.2 Å². The maximum atomic E-state index is 13.2. The molecular weight excluding hydrogens is 490 g/mol. The predicted molar refractivity (Wildman–Crippen MR) is 120 cm³/mol. The second-order valence-corrected chi connectivity index (χ2v) is 8.00. The molecule has 1 saturated heterocycles. The first-order chi connectivity index (χ1) is 17.0. The smallest absolute Gasteiger partial charge is 0.340 e. The van der Waals surface area contributed by atoms with E-state index in [1.807, 2.05) is 4.90 Å². The Kier molecular flexibility index (Phi) is 7.04. The molecule has 0 aromatic carbocycles. The highest BCUT2D eigenvalue weighted by molar-refractivity contribution is 5.63. The Morgan fingerprint density at radius 3 is 2.50 bits per heavy atom. The minimum Gasteiger partial charge on any atom is -0.340 e. The molecule has 0 saturated carbocycles. The average Bonchev–Trinajstić information content (AvgIpc) is 2.83. The molecule has 1 aliphatic heterocycles. The van der Waals surface area contributed by atoms with Crippen molar-refractivity contribution in [2.75, 3.05) is 30.4 Å². The zero-order valence-electron chi connectivity index (χ0n) is 18.8. The van der Waals surface area contributed by atoms with Crippen LogP contribution in [0.15, 0.2) is 41.5 Å². The lowest BCUT2D eigenvalue weighted by Crippen LogP contribution is -2.37. The van der Waals surface area contributed by atoms with Gasteiger partial charge in [0.1, 0.15) is 17.1 Å². The average molecular weight is 510 g/mol. The lowest BCUT2D eigenvalue weighted by atomic mass is 10.00. The molecule has 0 aliphatic carbocycles. The number of aliphatic imine (C=N–C) groups is 1. The van der Waals surface area contributed by atoms with Crippen molar-refractivity contribution >= 4 is 23.8 Å². The zero-order valence-corrected chi connectivity index (χ0v) is 18.8. The minimum atomic E-state index is -4.68. The highest BCUT2D eigenvalue weighted by Crippen LogP contribution is 2.31. The number of alkyl halides is 6. The van der Waals surface area contributed by atoms with Gasteiger partial charge in [0.15, 0.2) is 5.82 Å². The number of nitrogens with one attached hydrogen (secondary N) is 1. The molecule has 0 bridgehead atoms. The van der Waals surface area contributed by atoms with Crippen LogP contribution in [-0.2, 0) is 12.4 Å². The van der Waals surface area contributed by atoms with Crippen LogP contribution in [0.2, 0.25) is 0 Å². The van der Waals surface area contributed by atoms with Crippen molar-refractivity contribution in [2.45, 2.75) is 25.2 Å². The van der Waals surface area contributed by atoms with Gasteiger partial charge in [0.05, 0.1) is 0 Å². The third kappa shape index (κ3) is 6.04. The molecule has 4 heterocycles. The molecule has 190 valence electrons. The summed E-state index contributed by atoms with van der Waals surface area (Å²) in [5.41, 5.74) is -2.42. The van der Waals surface area contributed by atoms with Crippen LogP contribution in [0.1, 0.15) is 24.2 Å². The minimum absolute atomic E-state index is 0.00735. The molecule has 4 rings (SSSR count). The van der Waals surface area contributed by atoms with Crippen LogP contribution in [0.25, 0.3) is 11.5 Å². The van der Waals surface area contributed by atoms with Crippen molar-refractivity contribution in [3.63, 3.8) is 0 Å². The van der Waals surface area contributed by atoms with Crippen molar-refractivity contribution < 1.29 is 26.3 Å². The molecule has 0 radical (unpaired) electrons. The van der Waals surface area contributed by atoms with Gasteiger partial charge in [-0.2, -0.15) is 41.3 Å². The fourth-order valence-corrected chi connectivity index (χ4v) is 3.71. The molecule has 3 aromatic rings. The van der Waals surface area contributed by atoms with Gasteiger partial charge in [0.25, 0.3) is 0 Å². The molecule has 1 fully saturated rings. The van der Waals surface area contributed by atoms with Gasteiger partial charge in [-0.3, -0.25) is 4.98 Å². The SMILES string of the molecule is CN=CC1CCCN(c2nc(Nc3ccnc(C(F)(F)F)c3)nc(-c3cccc(C(F)(F)F)n3)n2)C1. The summed E-state index contributed by atoms with van der Waals surface area (Å²) < 4.78 is 78.9. The van der Waals surface area contributed by atoms with Crippen molar-refractivity contribution in [2.24, 2.45) is 10.9 Å². The number of halogens is 6. The van der Waals surface area contributed by atoms with Gasteiger partial charge in [-0.15, -0.1) is 0 Å². The van der Waals surface area contributed by atoms with E-state index in [0.29, 0.717) is 13.1 Å². The fourth-order valence-electron chi connectivity index (χ4n) is 3.71. The van der Waals surface area contributed by atoms with E-state index in [2.05, 4.69) is 35.2 Å². The Morgan fingerprint density at radius 2 is 1.78 bits per heavy atom. The van der Waals surface area contributed by atoms with E-state index < -0.39 is 23.7 Å². The lowest BCUT2D eigenvalue weighted by molar-refractivity contribution is -0.141. The van der Waals surface area contributed by atoms with Crippen molar-refractivity contribution in [1.29, 1.82) is 0 Å². The van der Waals surface area contributed by atoms with E-state index in [1.165, 1.54) is 18.2 Å². The van der Waals surface area contributed by atoms with Crippen molar-refractivity contribution in [1.82, 2.24) is 24.9 Å². The second kappa shape index (κ2) is 10.0. The molecular formula is C22H20F6N8. The summed E-state index contributed by atoms with van der Waals surface area (Å²) in [6.07, 6.45) is -4.89. The number of hydrogen-bond acceptors (Lipinski definition) is 8. The Hall–Kier alpha value is -3.84. The molecule has 1 unspecified atom stereocenters. The molecule has 8 nitrogen and oxygen atoms in total. The van der Waals surface area contributed by atoms with E-state index in [4.69, 9.17) is 0 Å². The Morgan fingerprint density at radius 1 is 1.00 bits per heavy atom. The van der Waals surface area contributed by atoms with Crippen molar-refractivity contribution in [3.05, 3.63) is 47.9 Å². The molecule has 0 spiro atoms. The molecule has 1 N–H and O–H groups in total. The zero-order chi connectivity index (χ0) is 25.9. The molecule has 0 amide bonds. The standard InChI is InChI=1S/C22H20F6N8/c1-29-11-13-4-3-9-36(12-13)20-34-18(15-5-2-6-16(32-15)21(23,24)25)33-19(35-20)31-14-7-8-30-17(10-14)22(26,27)28/h2,5-8,10-11,13H,3-4,9,12H2,1H3,(H,30,31,33,34,35). The van der Waals surface area contributed by atoms with Crippen molar-refractivity contribution in [3.8, 4) is 11.5 Å². The Bertz CT molecular complexity index is 1240. The van der Waals surface area contributed by atoms with Gasteiger partial charge in [0, 0.05) is 44.2 Å². The first kappa shape index (κ1) is 25.3. The Balaban J connectivity index is 1.75. The van der Waals surface area contributed by atoms with Gasteiger partial charge in [-0.1, -0.05) is 6.07 Å². The van der Waals surface area contributed by atoms with Gasteiger partial charge >= 0.3 is 12.4 Å². The summed E-state index contributed by atoms with van der Waals surface area (Å²) in [5.74, 6) is -0.0487. The van der Waals surface area contributed by atoms with E-state index in [1.54, 1.807) is 13.3 Å². The molecule has 14 heteroatoms. The summed E-state index contributed by atoms with van der Waals surface area (Å²) >= 11 is 0. The normalized spacial score (nSPS) is 17.0. The summed E-state index contributed by atoms with van der Waals surface area (Å²) in [6.45, 7) is 1.07. The van der Waals surface area contributed by atoms with Crippen LogP contribution in [0.3, 0.4) is 0 Å². The topological polar surface area (TPSA) is 92.1 Å². The van der Waals surface area contributed by atoms with E-state index >= 15 is 0 Å². The first-order valence-electron chi connectivity index (χ1n) is 10.8. The highest BCUT2D eigenvalue weighted by Gasteiger charge is 2.34. The summed E-state index contributed by atoms with van der Waals surface area (Å²) in [7, 11) is 1.66. The first-order valence-corrected chi connectivity index (χ1v) is 10.8. The van der Waals surface area contributed by atoms with E-state index in [9.17, 15) is 26.3 Å². The number of aromatic nitrogens is 5. The van der Waals surface area contributed by atoms with Crippen LogP contribution in [0.4, 0.5) is 43.9 Å². The molecule has 3 aromatic heterocycles. The number of anilines is 3. The predicted octanol–water partition coefficient (Wildman–Crippen LogP) is 5.03. The highest BCUT2D eigenvalue weighted by atomic mass is 19.4. The number of nitrogens with zero attached hydrogens (tertiary/aromatic N) is 7. The molecule has 36 heavy (non-hydrogen) atoms. The van der Waals surface area contributed by atoms with Gasteiger partial charge in [0.2, 0.25) is 11.9 Å². The fraction of sp³-hybridized carbons (Fsp3) is 0.364. The summed E-state index contributed by atoms with van der Waals surface area (Å²) in [4.78, 5) is 25.6. The van der Waals surface area contributed by atoms with E-state index in [-0.39, 0.29) is 35.0 Å². The van der Waals surface area contributed by atoms with Crippen LogP contribution in [-0.4, -0.2) is 51.3 Å². The quantitative estimate of drug-likeness (QED) is 0.380. The monoisotopic (exact) mass is 510 g/mol. The molecule has 1 aliphatic rings. The van der Waals surface area contributed by atoms with Gasteiger partial charge in [-0.05, 0) is 37.1 Å². The third-order valence-corrected chi connectivity index (χ3v) is 5.30. The second-order valence-electron chi connectivity index (χ2n) is 8.00. The lowest BCUT2D eigenvalue weighted by Gasteiger charge is -2.31. The van der Waals surface area contributed by atoms with E-state index in [0.717, 1.165) is 31.2 Å². The Labute approximate surface area is 201 Å². The van der Waals surface area contributed by atoms with Crippen LogP contribution >= 0.6 is 0 Å². The summed E-state index contributed by atoms with van der Waals surface area (Å²) in [5, 5.41) is 2.68. The maximum absolute atomic E-state index is 13.2. The molecule has 1 atom stereocenters. The number of piperidine rings is 1. The van der Waals surface area contributed by atoms with Crippen LogP contribution in [0.5, 0.6) is 0 Å². The number of hydrogen-bond donors (Lipinski definition) is 1. The number of pyridine rings is 2. The van der Waals surface area contributed by atoms with Crippen LogP contribution in [0, 0.1) is 5.92 Å². The number of rotatable bonds is 5. The largest absolute Gasteiger partial charge is 0.433 e. The van der Waals surface area contributed by atoms with Gasteiger partial charge in [-0.25, -0.2) is 4.98 Å². The maximum Gasteiger partial charge on any atom is 0.433 e. The third-order valence-electron chi connectivity index (χ3n) is 5.30. The summed E-state index contributed by atoms with van der Waals surface area (Å²) in [6, 6.07) is 5.37. The van der Waals surface area contributed by atoms with Crippen LogP contribution < -0.4 is 10.2 Å².